The van der Waals surface area contributed by atoms with Crippen molar-refractivity contribution in [1.29, 1.82) is 0 Å². The Balaban J connectivity index is 2.18. The number of carbonyl (C=O) groups is 1. The number of hydrogen-bond acceptors (Lipinski definition) is 5. The Morgan fingerprint density at radius 2 is 1.86 bits per heavy atom. The van der Waals surface area contributed by atoms with Crippen LogP contribution >= 0.6 is 15.9 Å². The molecule has 1 aliphatic rings. The molecule has 2 aromatic rings. The minimum atomic E-state index is -0.352. The fourth-order valence-electron chi connectivity index (χ4n) is 4.05. The smallest absolute Gasteiger partial charge is 0.165 e. The number of benzene rings is 1. The molecule has 0 fully saturated rings. The summed E-state index contributed by atoms with van der Waals surface area (Å²) in [4.78, 5) is 24.8. The summed E-state index contributed by atoms with van der Waals surface area (Å²) in [5.74, 6) is 1.43. The number of aryl methyl sites for hydroxylation is 3. The molecule has 0 radical (unpaired) electrons. The number of nitrogens with one attached hydrogen (secondary N) is 1. The zero-order chi connectivity index (χ0) is 20.4. The molecule has 5 nitrogen and oxygen atoms in total. The average Bonchev–Trinajstić information content (AvgIpc) is 2.63. The molecular weight excluding hydrogens is 416 g/mol. The number of Topliss-reactive ketones (excluding diaryl/α,β-unsaturated/α-hetero) is 1. The molecule has 0 aliphatic carbocycles. The first-order chi connectivity index (χ1) is 13.4. The van der Waals surface area contributed by atoms with Crippen LogP contribution in [0.15, 0.2) is 16.6 Å². The van der Waals surface area contributed by atoms with Gasteiger partial charge in [0.2, 0.25) is 0 Å². The molecule has 0 amide bonds. The first kappa shape index (κ1) is 20.8. The van der Waals surface area contributed by atoms with Crippen molar-refractivity contribution in [1.82, 2.24) is 9.97 Å². The lowest BCUT2D eigenvalue weighted by Crippen LogP contribution is -2.34. The van der Waals surface area contributed by atoms with Gasteiger partial charge in [0.25, 0.3) is 0 Å². The number of aromatic nitrogens is 2. The summed E-state index contributed by atoms with van der Waals surface area (Å²) < 4.78 is 1.03. The normalized spacial score (nSPS) is 15.9. The van der Waals surface area contributed by atoms with Crippen LogP contribution in [-0.4, -0.2) is 35.4 Å². The molecule has 3 rings (SSSR count). The number of halogens is 1. The van der Waals surface area contributed by atoms with Gasteiger partial charge in [0.05, 0.1) is 18.2 Å². The minimum Gasteiger partial charge on any atom is -0.373 e. The molecule has 6 heteroatoms. The SMILES string of the molecule is CCCCN(CC)c1nc(C)nc2c1NCC(=O)C2c1c(C)cc(Br)cc1C. The van der Waals surface area contributed by atoms with Gasteiger partial charge in [0.15, 0.2) is 11.6 Å². The van der Waals surface area contributed by atoms with Gasteiger partial charge >= 0.3 is 0 Å². The van der Waals surface area contributed by atoms with Crippen molar-refractivity contribution in [2.75, 3.05) is 29.9 Å². The van der Waals surface area contributed by atoms with Crippen molar-refractivity contribution < 1.29 is 4.79 Å². The van der Waals surface area contributed by atoms with E-state index >= 15 is 0 Å². The monoisotopic (exact) mass is 444 g/mol. The first-order valence-electron chi connectivity index (χ1n) is 10.0. The number of unbranched alkanes of at least 4 members (excludes halogenated alkanes) is 1. The Morgan fingerprint density at radius 1 is 1.18 bits per heavy atom. The van der Waals surface area contributed by atoms with Crippen molar-refractivity contribution in [3.8, 4) is 0 Å². The Labute approximate surface area is 176 Å². The summed E-state index contributed by atoms with van der Waals surface area (Å²) >= 11 is 3.56. The molecule has 1 aliphatic heterocycles. The van der Waals surface area contributed by atoms with Crippen molar-refractivity contribution >= 4 is 33.2 Å². The van der Waals surface area contributed by atoms with Crippen LogP contribution in [0.1, 0.15) is 60.8 Å². The summed E-state index contributed by atoms with van der Waals surface area (Å²) in [6, 6.07) is 4.15. The molecule has 2 heterocycles. The molecule has 1 unspecified atom stereocenters. The molecule has 150 valence electrons. The fraction of sp³-hybridized carbons (Fsp3) is 0.500. The van der Waals surface area contributed by atoms with Gasteiger partial charge in [-0.2, -0.15) is 0 Å². The third-order valence-electron chi connectivity index (χ3n) is 5.37. The van der Waals surface area contributed by atoms with Gasteiger partial charge in [0, 0.05) is 17.6 Å². The Bertz CT molecular complexity index is 873. The molecule has 0 bridgehead atoms. The van der Waals surface area contributed by atoms with Gasteiger partial charge in [-0.25, -0.2) is 9.97 Å². The fourth-order valence-corrected chi connectivity index (χ4v) is 4.74. The van der Waals surface area contributed by atoms with Crippen LogP contribution in [0, 0.1) is 20.8 Å². The van der Waals surface area contributed by atoms with Gasteiger partial charge in [-0.05, 0) is 62.9 Å². The standard InChI is InChI=1S/C22H29BrN4O/c1-6-8-9-27(7-2)22-21-20(25-15(5)26-22)19(17(28)12-24-21)18-13(3)10-16(23)11-14(18)4/h10-11,19,24H,6-9,12H2,1-5H3. The van der Waals surface area contributed by atoms with Crippen molar-refractivity contribution in [2.24, 2.45) is 0 Å². The molecule has 1 aromatic heterocycles. The predicted molar refractivity (Wildman–Crippen MR) is 119 cm³/mol. The molecule has 0 saturated heterocycles. The average molecular weight is 445 g/mol. The third kappa shape index (κ3) is 3.93. The highest BCUT2D eigenvalue weighted by atomic mass is 79.9. The topological polar surface area (TPSA) is 58.1 Å². The van der Waals surface area contributed by atoms with E-state index in [-0.39, 0.29) is 11.7 Å². The lowest BCUT2D eigenvalue weighted by Gasteiger charge is -2.32. The second-order valence-corrected chi connectivity index (χ2v) is 8.41. The van der Waals surface area contributed by atoms with Crippen LogP contribution in [-0.2, 0) is 4.79 Å². The maximum atomic E-state index is 13.0. The van der Waals surface area contributed by atoms with Crippen LogP contribution < -0.4 is 10.2 Å². The van der Waals surface area contributed by atoms with Crippen LogP contribution in [0.5, 0.6) is 0 Å². The Morgan fingerprint density at radius 3 is 2.46 bits per heavy atom. The van der Waals surface area contributed by atoms with Gasteiger partial charge in [-0.1, -0.05) is 29.3 Å². The summed E-state index contributed by atoms with van der Waals surface area (Å²) in [5, 5.41) is 3.32. The van der Waals surface area contributed by atoms with E-state index in [4.69, 9.17) is 9.97 Å². The van der Waals surface area contributed by atoms with Crippen molar-refractivity contribution in [2.45, 2.75) is 53.4 Å². The maximum Gasteiger partial charge on any atom is 0.165 e. The summed E-state index contributed by atoms with van der Waals surface area (Å²) in [5.41, 5.74) is 5.00. The van der Waals surface area contributed by atoms with E-state index in [1.54, 1.807) is 0 Å². The largest absolute Gasteiger partial charge is 0.373 e. The molecular formula is C22H29BrN4O. The van der Waals surface area contributed by atoms with Gasteiger partial charge in [-0.3, -0.25) is 4.79 Å². The van der Waals surface area contributed by atoms with E-state index in [0.29, 0.717) is 12.4 Å². The predicted octanol–water partition coefficient (Wildman–Crippen LogP) is 4.92. The quantitative estimate of drug-likeness (QED) is 0.684. The Hall–Kier alpha value is -1.95. The van der Waals surface area contributed by atoms with E-state index in [1.165, 1.54) is 0 Å². The summed E-state index contributed by atoms with van der Waals surface area (Å²) in [6.07, 6.45) is 2.24. The van der Waals surface area contributed by atoms with Gasteiger partial charge in [-0.15, -0.1) is 0 Å². The molecule has 1 N–H and O–H groups in total. The van der Waals surface area contributed by atoms with Crippen molar-refractivity contribution in [3.05, 3.63) is 44.8 Å². The zero-order valence-corrected chi connectivity index (χ0v) is 19.0. The molecule has 28 heavy (non-hydrogen) atoms. The second kappa shape index (κ2) is 8.60. The summed E-state index contributed by atoms with van der Waals surface area (Å²) in [7, 11) is 0. The molecule has 1 aromatic carbocycles. The molecule has 0 spiro atoms. The highest BCUT2D eigenvalue weighted by Crippen LogP contribution is 2.41. The number of nitrogens with zero attached hydrogens (tertiary/aromatic N) is 3. The van der Waals surface area contributed by atoms with E-state index in [0.717, 1.165) is 64.3 Å². The lowest BCUT2D eigenvalue weighted by atomic mass is 9.83. The molecule has 0 saturated carbocycles. The van der Waals surface area contributed by atoms with E-state index in [1.807, 2.05) is 6.92 Å². The minimum absolute atomic E-state index is 0.154. The Kier molecular flexibility index (Phi) is 6.38. The third-order valence-corrected chi connectivity index (χ3v) is 5.83. The van der Waals surface area contributed by atoms with Crippen LogP contribution in [0.3, 0.4) is 0 Å². The van der Waals surface area contributed by atoms with Gasteiger partial charge < -0.3 is 10.2 Å². The first-order valence-corrected chi connectivity index (χ1v) is 10.8. The number of anilines is 2. The van der Waals surface area contributed by atoms with E-state index < -0.39 is 0 Å². The van der Waals surface area contributed by atoms with Crippen LogP contribution in [0.25, 0.3) is 0 Å². The van der Waals surface area contributed by atoms with E-state index in [9.17, 15) is 4.79 Å². The lowest BCUT2D eigenvalue weighted by molar-refractivity contribution is -0.118. The summed E-state index contributed by atoms with van der Waals surface area (Å²) in [6.45, 7) is 12.5. The highest BCUT2D eigenvalue weighted by Gasteiger charge is 2.35. The number of carbonyl (C=O) groups excluding carboxylic acids is 1. The maximum absolute atomic E-state index is 13.0. The number of ketones is 1. The van der Waals surface area contributed by atoms with Crippen LogP contribution in [0.2, 0.25) is 0 Å². The van der Waals surface area contributed by atoms with Crippen molar-refractivity contribution in [3.63, 3.8) is 0 Å². The van der Waals surface area contributed by atoms with E-state index in [2.05, 4.69) is 66.0 Å². The number of rotatable bonds is 6. The zero-order valence-electron chi connectivity index (χ0n) is 17.4. The highest BCUT2D eigenvalue weighted by molar-refractivity contribution is 9.10. The number of fused-ring (bicyclic) bond motifs is 1. The molecule has 1 atom stereocenters. The van der Waals surface area contributed by atoms with Gasteiger partial charge in [0.1, 0.15) is 11.5 Å². The number of hydrogen-bond donors (Lipinski definition) is 1. The van der Waals surface area contributed by atoms with Crippen LogP contribution in [0.4, 0.5) is 11.5 Å². The second-order valence-electron chi connectivity index (χ2n) is 7.49.